The van der Waals surface area contributed by atoms with Crippen molar-refractivity contribution in [1.82, 2.24) is 10.2 Å². The second-order valence-electron chi connectivity index (χ2n) is 7.07. The first-order valence-corrected chi connectivity index (χ1v) is 10.3. The molecule has 4 rings (SSSR count). The molecule has 0 atom stereocenters. The third-order valence-electron chi connectivity index (χ3n) is 4.81. The monoisotopic (exact) mass is 480 g/mol. The van der Waals surface area contributed by atoms with Crippen molar-refractivity contribution in [3.63, 3.8) is 0 Å². The number of methoxy groups -OCH3 is 1. The fraction of sp³-hybridized carbons (Fsp3) is 0.0833. The minimum absolute atomic E-state index is 0.0517. The molecule has 1 aliphatic rings. The number of halogens is 1. The number of benzene rings is 2. The van der Waals surface area contributed by atoms with E-state index in [0.29, 0.717) is 16.1 Å². The van der Waals surface area contributed by atoms with Gasteiger partial charge in [0.1, 0.15) is 17.2 Å². The number of amides is 3. The lowest BCUT2D eigenvalue weighted by Gasteiger charge is -2.10. The van der Waals surface area contributed by atoms with E-state index in [-0.39, 0.29) is 29.5 Å². The third-order valence-corrected chi connectivity index (χ3v) is 5.04. The lowest BCUT2D eigenvalue weighted by molar-refractivity contribution is -0.123. The zero-order chi connectivity index (χ0) is 24.2. The van der Waals surface area contributed by atoms with Crippen LogP contribution in [0.3, 0.4) is 0 Å². The second-order valence-corrected chi connectivity index (χ2v) is 7.51. The maximum atomic E-state index is 12.9. The molecule has 2 aromatic carbocycles. The van der Waals surface area contributed by atoms with Crippen LogP contribution in [-0.2, 0) is 16.1 Å². The number of hydrogen-bond acceptors (Lipinski definition) is 7. The highest BCUT2D eigenvalue weighted by molar-refractivity contribution is 6.30. The van der Waals surface area contributed by atoms with E-state index >= 15 is 0 Å². The molecule has 1 fully saturated rings. The first-order chi connectivity index (χ1) is 16.4. The molecule has 0 bridgehead atoms. The molecule has 0 spiro atoms. The standard InChI is InChI=1S/C24H17ClN2O7/c1-32-23(30)20-10-8-17(33-20)13-27-21(28)18(26-24(27)31)12-15-11-16(25)7-9-19(15)34-22(29)14-5-3-2-4-6-14/h2-12H,13H2,1H3,(H,26,31)/b18-12-. The van der Waals surface area contributed by atoms with Gasteiger partial charge in [-0.25, -0.2) is 14.4 Å². The zero-order valence-electron chi connectivity index (χ0n) is 17.7. The molecule has 2 heterocycles. The minimum Gasteiger partial charge on any atom is -0.463 e. The molecule has 1 aliphatic heterocycles. The van der Waals surface area contributed by atoms with Crippen LogP contribution < -0.4 is 10.1 Å². The number of rotatable bonds is 6. The van der Waals surface area contributed by atoms with Gasteiger partial charge in [0.2, 0.25) is 5.76 Å². The van der Waals surface area contributed by atoms with Crippen molar-refractivity contribution >= 4 is 41.6 Å². The molecular formula is C24H17ClN2O7. The van der Waals surface area contributed by atoms with Gasteiger partial charge in [-0.15, -0.1) is 0 Å². The molecule has 1 saturated heterocycles. The predicted molar refractivity (Wildman–Crippen MR) is 120 cm³/mol. The molecule has 0 unspecified atom stereocenters. The van der Waals surface area contributed by atoms with Gasteiger partial charge in [-0.05, 0) is 48.5 Å². The van der Waals surface area contributed by atoms with Gasteiger partial charge >= 0.3 is 18.0 Å². The first kappa shape index (κ1) is 22.8. The molecular weight excluding hydrogens is 464 g/mol. The molecule has 34 heavy (non-hydrogen) atoms. The summed E-state index contributed by atoms with van der Waals surface area (Å²) in [5, 5.41) is 2.82. The number of hydrogen-bond donors (Lipinski definition) is 1. The van der Waals surface area contributed by atoms with Crippen LogP contribution >= 0.6 is 11.6 Å². The number of imide groups is 1. The Morgan fingerprint density at radius 2 is 1.82 bits per heavy atom. The summed E-state index contributed by atoms with van der Waals surface area (Å²) in [5.41, 5.74) is 0.606. The second kappa shape index (κ2) is 9.63. The summed E-state index contributed by atoms with van der Waals surface area (Å²) >= 11 is 6.09. The summed E-state index contributed by atoms with van der Waals surface area (Å²) in [6.07, 6.45) is 1.36. The lowest BCUT2D eigenvalue weighted by Crippen LogP contribution is -2.30. The summed E-state index contributed by atoms with van der Waals surface area (Å²) in [5.74, 6) is -1.59. The molecule has 0 radical (unpaired) electrons. The van der Waals surface area contributed by atoms with Gasteiger partial charge in [-0.2, -0.15) is 0 Å². The van der Waals surface area contributed by atoms with Gasteiger partial charge in [0.05, 0.1) is 19.2 Å². The minimum atomic E-state index is -0.683. The number of urea groups is 1. The Balaban J connectivity index is 1.56. The lowest BCUT2D eigenvalue weighted by atomic mass is 10.1. The average Bonchev–Trinajstić information content (AvgIpc) is 3.41. The summed E-state index contributed by atoms with van der Waals surface area (Å²) in [7, 11) is 1.21. The van der Waals surface area contributed by atoms with E-state index in [1.165, 1.54) is 43.5 Å². The Morgan fingerprint density at radius 3 is 2.56 bits per heavy atom. The van der Waals surface area contributed by atoms with E-state index in [0.717, 1.165) is 4.90 Å². The van der Waals surface area contributed by atoms with Crippen molar-refractivity contribution in [3.05, 3.63) is 94.0 Å². The van der Waals surface area contributed by atoms with Crippen LogP contribution in [0, 0.1) is 0 Å². The third kappa shape index (κ3) is 4.84. The SMILES string of the molecule is COC(=O)c1ccc(CN2C(=O)N/C(=C\c3cc(Cl)ccc3OC(=O)c3ccccc3)C2=O)o1. The van der Waals surface area contributed by atoms with Crippen LogP contribution in [0.1, 0.15) is 32.2 Å². The summed E-state index contributed by atoms with van der Waals surface area (Å²) < 4.78 is 15.4. The molecule has 9 nitrogen and oxygen atoms in total. The maximum Gasteiger partial charge on any atom is 0.373 e. The molecule has 10 heteroatoms. The van der Waals surface area contributed by atoms with Crippen LogP contribution in [0.4, 0.5) is 4.79 Å². The Bertz CT molecular complexity index is 1310. The fourth-order valence-electron chi connectivity index (χ4n) is 3.16. The quantitative estimate of drug-likeness (QED) is 0.245. The number of esters is 2. The smallest absolute Gasteiger partial charge is 0.373 e. The number of nitrogens with one attached hydrogen (secondary N) is 1. The normalized spacial score (nSPS) is 14.3. The number of carbonyl (C=O) groups excluding carboxylic acids is 4. The van der Waals surface area contributed by atoms with Gasteiger partial charge < -0.3 is 19.2 Å². The Morgan fingerprint density at radius 1 is 1.06 bits per heavy atom. The van der Waals surface area contributed by atoms with E-state index < -0.39 is 23.9 Å². The molecule has 1 N–H and O–H groups in total. The molecule has 1 aromatic heterocycles. The average molecular weight is 481 g/mol. The largest absolute Gasteiger partial charge is 0.463 e. The number of furan rings is 1. The van der Waals surface area contributed by atoms with Crippen LogP contribution in [0.5, 0.6) is 5.75 Å². The van der Waals surface area contributed by atoms with E-state index in [4.69, 9.17) is 20.8 Å². The molecule has 172 valence electrons. The van der Waals surface area contributed by atoms with E-state index in [1.807, 2.05) is 0 Å². The zero-order valence-corrected chi connectivity index (χ0v) is 18.5. The topological polar surface area (TPSA) is 115 Å². The fourth-order valence-corrected chi connectivity index (χ4v) is 3.34. The van der Waals surface area contributed by atoms with Crippen LogP contribution in [-0.4, -0.2) is 35.9 Å². The molecule has 3 aromatic rings. The van der Waals surface area contributed by atoms with Crippen molar-refractivity contribution in [2.75, 3.05) is 7.11 Å². The van der Waals surface area contributed by atoms with Gasteiger partial charge in [0.25, 0.3) is 5.91 Å². The summed E-state index contributed by atoms with van der Waals surface area (Å²) in [6.45, 7) is -0.204. The molecule has 0 aliphatic carbocycles. The highest BCUT2D eigenvalue weighted by Gasteiger charge is 2.34. The predicted octanol–water partition coefficient (Wildman–Crippen LogP) is 4.03. The van der Waals surface area contributed by atoms with E-state index in [9.17, 15) is 19.2 Å². The molecule has 0 saturated carbocycles. The highest BCUT2D eigenvalue weighted by Crippen LogP contribution is 2.27. The first-order valence-electron chi connectivity index (χ1n) is 9.94. The van der Waals surface area contributed by atoms with Crippen LogP contribution in [0.2, 0.25) is 5.02 Å². The van der Waals surface area contributed by atoms with Crippen molar-refractivity contribution < 1.29 is 33.1 Å². The van der Waals surface area contributed by atoms with Crippen molar-refractivity contribution in [3.8, 4) is 5.75 Å². The van der Waals surface area contributed by atoms with Crippen molar-refractivity contribution in [2.45, 2.75) is 6.54 Å². The highest BCUT2D eigenvalue weighted by atomic mass is 35.5. The summed E-state index contributed by atoms with van der Waals surface area (Å²) in [4.78, 5) is 50.2. The Labute approximate surface area is 198 Å². The van der Waals surface area contributed by atoms with Gasteiger partial charge in [-0.3, -0.25) is 9.69 Å². The van der Waals surface area contributed by atoms with E-state index in [1.54, 1.807) is 30.3 Å². The van der Waals surface area contributed by atoms with Crippen LogP contribution in [0.15, 0.2) is 70.8 Å². The number of carbonyl (C=O) groups is 4. The van der Waals surface area contributed by atoms with E-state index in [2.05, 4.69) is 10.1 Å². The maximum absolute atomic E-state index is 12.9. The van der Waals surface area contributed by atoms with Gasteiger partial charge in [0, 0.05) is 10.6 Å². The number of ether oxygens (including phenoxy) is 2. The van der Waals surface area contributed by atoms with Crippen LogP contribution in [0.25, 0.3) is 6.08 Å². The van der Waals surface area contributed by atoms with Crippen molar-refractivity contribution in [1.29, 1.82) is 0 Å². The Hall–Kier alpha value is -4.37. The Kier molecular flexibility index (Phi) is 6.46. The number of nitrogens with zero attached hydrogens (tertiary/aromatic N) is 1. The van der Waals surface area contributed by atoms with Gasteiger partial charge in [-0.1, -0.05) is 29.8 Å². The van der Waals surface area contributed by atoms with Gasteiger partial charge in [0.15, 0.2) is 0 Å². The van der Waals surface area contributed by atoms with Crippen molar-refractivity contribution in [2.24, 2.45) is 0 Å². The molecule has 3 amide bonds. The summed E-state index contributed by atoms with van der Waals surface area (Å²) in [6, 6.07) is 15.1.